The molecule has 0 fully saturated rings. The van der Waals surface area contributed by atoms with E-state index in [1.807, 2.05) is 24.3 Å². The zero-order chi connectivity index (χ0) is 21.8. The Morgan fingerprint density at radius 2 is 1.13 bits per heavy atom. The number of hydrogen-bond acceptors (Lipinski definition) is 2. The van der Waals surface area contributed by atoms with Crippen molar-refractivity contribution < 1.29 is 0 Å². The van der Waals surface area contributed by atoms with Crippen LogP contribution >= 0.6 is 0 Å². The summed E-state index contributed by atoms with van der Waals surface area (Å²) in [6.07, 6.45) is 10.9. The molecule has 3 aromatic rings. The Bertz CT molecular complexity index is 1130. The molecule has 1 unspecified atom stereocenters. The van der Waals surface area contributed by atoms with Crippen LogP contribution in [0.1, 0.15) is 36.1 Å². The third-order valence-corrected chi connectivity index (χ3v) is 6.33. The van der Waals surface area contributed by atoms with Gasteiger partial charge in [-0.05, 0) is 78.8 Å². The second kappa shape index (κ2) is 8.69. The Balaban J connectivity index is 1.51. The van der Waals surface area contributed by atoms with Crippen LogP contribution in [-0.2, 0) is 18.3 Å². The Labute approximate surface area is 185 Å². The predicted octanol–water partition coefficient (Wildman–Crippen LogP) is 6.38. The minimum atomic E-state index is -0.126. The lowest BCUT2D eigenvalue weighted by Gasteiger charge is -2.28. The Morgan fingerprint density at radius 1 is 0.645 bits per heavy atom. The molecule has 0 aromatic heterocycles. The largest absolute Gasteiger partial charge is 0.399 e. The van der Waals surface area contributed by atoms with E-state index in [1.54, 1.807) is 0 Å². The SMILES string of the molecule is CC1=CC=C(Cc2ccc(N)cc2)C=CC1(C)c1ccc(Cc2ccc(N)cc2)cc1. The molecule has 4 rings (SSSR count). The Morgan fingerprint density at radius 3 is 1.68 bits per heavy atom. The fourth-order valence-corrected chi connectivity index (χ4v) is 4.02. The quantitative estimate of drug-likeness (QED) is 0.483. The average Bonchev–Trinajstić information content (AvgIpc) is 2.92. The number of anilines is 2. The molecule has 0 heterocycles. The van der Waals surface area contributed by atoms with Crippen LogP contribution in [-0.4, -0.2) is 0 Å². The maximum absolute atomic E-state index is 5.82. The number of rotatable bonds is 5. The van der Waals surface area contributed by atoms with E-state index in [-0.39, 0.29) is 5.41 Å². The van der Waals surface area contributed by atoms with Crippen LogP contribution in [0.15, 0.2) is 108 Å². The van der Waals surface area contributed by atoms with E-state index in [2.05, 4.69) is 86.7 Å². The van der Waals surface area contributed by atoms with E-state index in [0.717, 1.165) is 24.2 Å². The van der Waals surface area contributed by atoms with Crippen LogP contribution in [0, 0.1) is 0 Å². The molecule has 4 N–H and O–H groups in total. The third-order valence-electron chi connectivity index (χ3n) is 6.33. The molecule has 0 amide bonds. The van der Waals surface area contributed by atoms with E-state index >= 15 is 0 Å². The van der Waals surface area contributed by atoms with Gasteiger partial charge in [0.25, 0.3) is 0 Å². The molecule has 2 nitrogen and oxygen atoms in total. The first-order chi connectivity index (χ1) is 14.9. The van der Waals surface area contributed by atoms with E-state index in [9.17, 15) is 0 Å². The summed E-state index contributed by atoms with van der Waals surface area (Å²) in [5, 5.41) is 0. The molecule has 2 heteroatoms. The number of hydrogen-bond donors (Lipinski definition) is 2. The molecule has 0 bridgehead atoms. The Hall–Kier alpha value is -3.52. The molecule has 156 valence electrons. The minimum absolute atomic E-state index is 0.126. The number of nitrogens with two attached hydrogens (primary N) is 2. The topological polar surface area (TPSA) is 52.0 Å². The second-order valence-electron chi connectivity index (χ2n) is 8.66. The van der Waals surface area contributed by atoms with Gasteiger partial charge in [-0.2, -0.15) is 0 Å². The van der Waals surface area contributed by atoms with Crippen molar-refractivity contribution in [1.82, 2.24) is 0 Å². The fourth-order valence-electron chi connectivity index (χ4n) is 4.02. The first kappa shape index (κ1) is 20.7. The first-order valence-corrected chi connectivity index (χ1v) is 10.8. The summed E-state index contributed by atoms with van der Waals surface area (Å²) in [5.74, 6) is 0. The molecular weight excluding hydrogens is 376 g/mol. The van der Waals surface area contributed by atoms with E-state index in [1.165, 1.54) is 33.4 Å². The molecule has 1 aliphatic carbocycles. The van der Waals surface area contributed by atoms with Gasteiger partial charge >= 0.3 is 0 Å². The van der Waals surface area contributed by atoms with Crippen molar-refractivity contribution in [3.63, 3.8) is 0 Å². The summed E-state index contributed by atoms with van der Waals surface area (Å²) in [7, 11) is 0. The maximum Gasteiger partial charge on any atom is 0.0316 e. The molecule has 0 saturated carbocycles. The van der Waals surface area contributed by atoms with Gasteiger partial charge in [-0.15, -0.1) is 0 Å². The first-order valence-electron chi connectivity index (χ1n) is 10.8. The fraction of sp³-hybridized carbons (Fsp3) is 0.172. The molecule has 1 aliphatic rings. The van der Waals surface area contributed by atoms with Gasteiger partial charge in [-0.25, -0.2) is 0 Å². The highest BCUT2D eigenvalue weighted by molar-refractivity contribution is 5.49. The van der Waals surface area contributed by atoms with Gasteiger partial charge < -0.3 is 11.5 Å². The number of nitrogen functional groups attached to an aromatic ring is 2. The third kappa shape index (κ3) is 4.80. The van der Waals surface area contributed by atoms with Crippen molar-refractivity contribution in [2.45, 2.75) is 32.1 Å². The van der Waals surface area contributed by atoms with E-state index in [0.29, 0.717) is 0 Å². The lowest BCUT2D eigenvalue weighted by Crippen LogP contribution is -2.20. The van der Waals surface area contributed by atoms with Crippen LogP contribution in [0.3, 0.4) is 0 Å². The summed E-state index contributed by atoms with van der Waals surface area (Å²) in [6.45, 7) is 4.51. The molecule has 0 radical (unpaired) electrons. The zero-order valence-corrected chi connectivity index (χ0v) is 18.3. The average molecular weight is 407 g/mol. The number of allylic oxidation sites excluding steroid dienone is 6. The predicted molar refractivity (Wildman–Crippen MR) is 133 cm³/mol. The summed E-state index contributed by atoms with van der Waals surface area (Å²) >= 11 is 0. The van der Waals surface area contributed by atoms with Crippen LogP contribution in [0.5, 0.6) is 0 Å². The van der Waals surface area contributed by atoms with Crippen molar-refractivity contribution in [3.05, 3.63) is 131 Å². The summed E-state index contributed by atoms with van der Waals surface area (Å²) < 4.78 is 0. The van der Waals surface area contributed by atoms with Gasteiger partial charge in [0.1, 0.15) is 0 Å². The highest BCUT2D eigenvalue weighted by Crippen LogP contribution is 2.36. The lowest BCUT2D eigenvalue weighted by atomic mass is 9.76. The molecule has 3 aromatic carbocycles. The maximum atomic E-state index is 5.82. The minimum Gasteiger partial charge on any atom is -0.399 e. The summed E-state index contributed by atoms with van der Waals surface area (Å²) in [6, 6.07) is 25.3. The van der Waals surface area contributed by atoms with Crippen molar-refractivity contribution >= 4 is 11.4 Å². The van der Waals surface area contributed by atoms with Gasteiger partial charge in [-0.3, -0.25) is 0 Å². The monoisotopic (exact) mass is 406 g/mol. The van der Waals surface area contributed by atoms with Crippen LogP contribution in [0.2, 0.25) is 0 Å². The smallest absolute Gasteiger partial charge is 0.0316 e. The normalized spacial score (nSPS) is 18.3. The number of benzene rings is 3. The highest BCUT2D eigenvalue weighted by atomic mass is 14.5. The van der Waals surface area contributed by atoms with Crippen LogP contribution < -0.4 is 11.5 Å². The van der Waals surface area contributed by atoms with Gasteiger partial charge in [-0.1, -0.05) is 78.4 Å². The van der Waals surface area contributed by atoms with Crippen molar-refractivity contribution in [2.75, 3.05) is 11.5 Å². The van der Waals surface area contributed by atoms with Gasteiger partial charge in [0.2, 0.25) is 0 Å². The molecular formula is C29H30N2. The van der Waals surface area contributed by atoms with Gasteiger partial charge in [0, 0.05) is 16.8 Å². The van der Waals surface area contributed by atoms with Crippen LogP contribution in [0.4, 0.5) is 11.4 Å². The second-order valence-corrected chi connectivity index (χ2v) is 8.66. The van der Waals surface area contributed by atoms with Crippen molar-refractivity contribution in [1.29, 1.82) is 0 Å². The van der Waals surface area contributed by atoms with E-state index < -0.39 is 0 Å². The van der Waals surface area contributed by atoms with Crippen LogP contribution in [0.25, 0.3) is 0 Å². The molecule has 1 atom stereocenters. The molecule has 0 saturated heterocycles. The summed E-state index contributed by atoms with van der Waals surface area (Å²) in [4.78, 5) is 0. The zero-order valence-electron chi connectivity index (χ0n) is 18.3. The van der Waals surface area contributed by atoms with Gasteiger partial charge in [0.15, 0.2) is 0 Å². The van der Waals surface area contributed by atoms with Crippen molar-refractivity contribution in [3.8, 4) is 0 Å². The highest BCUT2D eigenvalue weighted by Gasteiger charge is 2.26. The standard InChI is InChI=1S/C29H30N2/c1-21-3-4-25(20-24-9-15-28(31)16-10-24)17-18-29(21,2)26-11-5-22(6-12-26)19-23-7-13-27(30)14-8-23/h3-18H,19-20,30-31H2,1-2H3. The van der Waals surface area contributed by atoms with Crippen molar-refractivity contribution in [2.24, 2.45) is 0 Å². The Kier molecular flexibility index (Phi) is 5.81. The molecule has 0 aliphatic heterocycles. The van der Waals surface area contributed by atoms with Gasteiger partial charge in [0.05, 0.1) is 0 Å². The summed E-state index contributed by atoms with van der Waals surface area (Å²) in [5.41, 5.74) is 20.9. The van der Waals surface area contributed by atoms with E-state index in [4.69, 9.17) is 11.5 Å². The molecule has 31 heavy (non-hydrogen) atoms. The lowest BCUT2D eigenvalue weighted by molar-refractivity contribution is 0.704. The molecule has 0 spiro atoms.